The van der Waals surface area contributed by atoms with E-state index in [1.54, 1.807) is 0 Å². The van der Waals surface area contributed by atoms with Gasteiger partial charge in [0.15, 0.2) is 0 Å². The fourth-order valence-corrected chi connectivity index (χ4v) is 4.71. The van der Waals surface area contributed by atoms with Crippen molar-refractivity contribution in [3.63, 3.8) is 0 Å². The van der Waals surface area contributed by atoms with Gasteiger partial charge in [-0.3, -0.25) is 4.98 Å². The van der Waals surface area contributed by atoms with Crippen molar-refractivity contribution in [2.24, 2.45) is 5.92 Å². The number of piperidine rings is 1. The zero-order chi connectivity index (χ0) is 21.9. The Hall–Kier alpha value is -3.13. The summed E-state index contributed by atoms with van der Waals surface area (Å²) in [6.07, 6.45) is 8.07. The van der Waals surface area contributed by atoms with Gasteiger partial charge in [0.25, 0.3) is 0 Å². The van der Waals surface area contributed by atoms with Crippen LogP contribution in [0, 0.1) is 17.2 Å². The van der Waals surface area contributed by atoms with Crippen LogP contribution in [0.3, 0.4) is 0 Å². The molecule has 32 heavy (non-hydrogen) atoms. The van der Waals surface area contributed by atoms with E-state index in [4.69, 9.17) is 16.9 Å². The van der Waals surface area contributed by atoms with Crippen molar-refractivity contribution in [1.82, 2.24) is 14.5 Å². The molecule has 3 heterocycles. The van der Waals surface area contributed by atoms with Gasteiger partial charge >= 0.3 is 0 Å². The summed E-state index contributed by atoms with van der Waals surface area (Å²) in [4.78, 5) is 7.01. The highest BCUT2D eigenvalue weighted by Crippen LogP contribution is 2.33. The van der Waals surface area contributed by atoms with E-state index in [1.165, 1.54) is 16.5 Å². The first-order chi connectivity index (χ1) is 15.7. The molecule has 0 aliphatic carbocycles. The Bertz CT molecular complexity index is 1260. The van der Waals surface area contributed by atoms with Gasteiger partial charge in [-0.1, -0.05) is 41.9 Å². The highest BCUT2D eigenvalue weighted by Gasteiger charge is 2.19. The Morgan fingerprint density at radius 3 is 2.47 bits per heavy atom. The van der Waals surface area contributed by atoms with Crippen molar-refractivity contribution < 1.29 is 0 Å². The molecule has 1 aliphatic rings. The molecule has 5 rings (SSSR count). The van der Waals surface area contributed by atoms with Gasteiger partial charge in [-0.15, -0.1) is 0 Å². The van der Waals surface area contributed by atoms with Crippen LogP contribution < -0.4 is 0 Å². The SMILES string of the molecule is N#CC1CCN(CCn2cc(-c3cncc(-c4ccc(Cl)cc4)c3)c3ccccc32)CC1. The average molecular weight is 441 g/mol. The third-order valence-electron chi connectivity index (χ3n) is 6.44. The second-order valence-corrected chi connectivity index (χ2v) is 8.90. The number of halogens is 1. The zero-order valence-corrected chi connectivity index (χ0v) is 18.7. The van der Waals surface area contributed by atoms with Crippen LogP contribution in [0.2, 0.25) is 5.02 Å². The fraction of sp³-hybridized carbons (Fsp3) is 0.259. The maximum atomic E-state index is 9.14. The van der Waals surface area contributed by atoms with E-state index in [0.717, 1.165) is 60.7 Å². The summed E-state index contributed by atoms with van der Waals surface area (Å²) in [5.41, 5.74) is 5.74. The number of rotatable bonds is 5. The minimum Gasteiger partial charge on any atom is -0.346 e. The van der Waals surface area contributed by atoms with Crippen LogP contribution in [-0.4, -0.2) is 34.1 Å². The van der Waals surface area contributed by atoms with Gasteiger partial charge in [0.05, 0.1) is 6.07 Å². The van der Waals surface area contributed by atoms with Gasteiger partial charge in [-0.05, 0) is 55.8 Å². The molecule has 4 aromatic rings. The highest BCUT2D eigenvalue weighted by molar-refractivity contribution is 6.30. The zero-order valence-electron chi connectivity index (χ0n) is 17.9. The average Bonchev–Trinajstić information content (AvgIpc) is 3.22. The van der Waals surface area contributed by atoms with Gasteiger partial charge in [-0.25, -0.2) is 0 Å². The first-order valence-corrected chi connectivity index (χ1v) is 11.5. The minimum absolute atomic E-state index is 0.227. The number of benzene rings is 2. The Labute approximate surface area is 193 Å². The molecule has 2 aromatic heterocycles. The molecule has 1 aliphatic heterocycles. The first-order valence-electron chi connectivity index (χ1n) is 11.1. The van der Waals surface area contributed by atoms with Crippen molar-refractivity contribution in [2.45, 2.75) is 19.4 Å². The molecule has 0 bridgehead atoms. The van der Waals surface area contributed by atoms with E-state index in [0.29, 0.717) is 0 Å². The molecule has 4 nitrogen and oxygen atoms in total. The van der Waals surface area contributed by atoms with E-state index in [9.17, 15) is 0 Å². The maximum absolute atomic E-state index is 9.14. The van der Waals surface area contributed by atoms with Crippen molar-refractivity contribution in [2.75, 3.05) is 19.6 Å². The second-order valence-electron chi connectivity index (χ2n) is 8.47. The summed E-state index contributed by atoms with van der Waals surface area (Å²) in [6.45, 7) is 3.95. The van der Waals surface area contributed by atoms with Crippen molar-refractivity contribution in [3.05, 3.63) is 78.2 Å². The number of fused-ring (bicyclic) bond motifs is 1. The van der Waals surface area contributed by atoms with Crippen molar-refractivity contribution in [3.8, 4) is 28.3 Å². The lowest BCUT2D eigenvalue weighted by atomic mass is 9.99. The fourth-order valence-electron chi connectivity index (χ4n) is 4.58. The first kappa shape index (κ1) is 20.8. The molecular weight excluding hydrogens is 416 g/mol. The maximum Gasteiger partial charge on any atom is 0.0656 e. The molecule has 1 saturated heterocycles. The standard InChI is InChI=1S/C27H25ClN4/c28-24-7-5-21(6-8-24)22-15-23(18-30-17-22)26-19-32(27-4-2-1-3-25(26)27)14-13-31-11-9-20(16-29)10-12-31/h1-8,15,17-20H,9-14H2. The summed E-state index contributed by atoms with van der Waals surface area (Å²) in [6, 6.07) is 21.1. The largest absolute Gasteiger partial charge is 0.346 e. The summed E-state index contributed by atoms with van der Waals surface area (Å²) >= 11 is 6.06. The lowest BCUT2D eigenvalue weighted by molar-refractivity contribution is 0.200. The molecule has 0 N–H and O–H groups in total. The van der Waals surface area contributed by atoms with E-state index in [-0.39, 0.29) is 5.92 Å². The van der Waals surface area contributed by atoms with Crippen LogP contribution in [0.15, 0.2) is 73.2 Å². The molecular formula is C27H25ClN4. The molecule has 0 atom stereocenters. The molecule has 0 unspecified atom stereocenters. The molecule has 0 radical (unpaired) electrons. The van der Waals surface area contributed by atoms with Gasteiger partial charge in [-0.2, -0.15) is 5.26 Å². The molecule has 0 amide bonds. The minimum atomic E-state index is 0.227. The number of para-hydroxylation sites is 1. The Balaban J connectivity index is 1.42. The molecule has 5 heteroatoms. The summed E-state index contributed by atoms with van der Waals surface area (Å²) < 4.78 is 2.36. The van der Waals surface area contributed by atoms with Crippen LogP contribution in [0.25, 0.3) is 33.2 Å². The van der Waals surface area contributed by atoms with Crippen LogP contribution >= 0.6 is 11.6 Å². The van der Waals surface area contributed by atoms with Crippen LogP contribution in [0.1, 0.15) is 12.8 Å². The smallest absolute Gasteiger partial charge is 0.0656 e. The van der Waals surface area contributed by atoms with Crippen LogP contribution in [-0.2, 0) is 6.54 Å². The van der Waals surface area contributed by atoms with Gasteiger partial charge in [0.2, 0.25) is 0 Å². The third-order valence-corrected chi connectivity index (χ3v) is 6.69. The number of hydrogen-bond acceptors (Lipinski definition) is 3. The number of pyridine rings is 1. The Morgan fingerprint density at radius 1 is 0.938 bits per heavy atom. The van der Waals surface area contributed by atoms with Crippen molar-refractivity contribution in [1.29, 1.82) is 5.26 Å². The van der Waals surface area contributed by atoms with Gasteiger partial charge in [0, 0.05) is 70.2 Å². The Kier molecular flexibility index (Phi) is 5.94. The molecule has 0 saturated carbocycles. The van der Waals surface area contributed by atoms with E-state index < -0.39 is 0 Å². The monoisotopic (exact) mass is 440 g/mol. The predicted octanol–water partition coefficient (Wildman–Crippen LogP) is 6.26. The number of nitrogens with zero attached hydrogens (tertiary/aromatic N) is 4. The lowest BCUT2D eigenvalue weighted by Crippen LogP contribution is -2.35. The number of likely N-dealkylation sites (tertiary alicyclic amines) is 1. The normalized spacial score (nSPS) is 15.1. The van der Waals surface area contributed by atoms with Gasteiger partial charge in [0.1, 0.15) is 0 Å². The molecule has 1 fully saturated rings. The van der Waals surface area contributed by atoms with Crippen LogP contribution in [0.5, 0.6) is 0 Å². The summed E-state index contributed by atoms with van der Waals surface area (Å²) in [7, 11) is 0. The second kappa shape index (κ2) is 9.16. The Morgan fingerprint density at radius 2 is 1.69 bits per heavy atom. The van der Waals surface area contributed by atoms with Gasteiger partial charge < -0.3 is 9.47 Å². The third kappa shape index (κ3) is 4.27. The quantitative estimate of drug-likeness (QED) is 0.368. The topological polar surface area (TPSA) is 44.9 Å². The highest BCUT2D eigenvalue weighted by atomic mass is 35.5. The number of aromatic nitrogens is 2. The molecule has 0 spiro atoms. The summed E-state index contributed by atoms with van der Waals surface area (Å²) in [5.74, 6) is 0.227. The summed E-state index contributed by atoms with van der Waals surface area (Å²) in [5, 5.41) is 11.1. The van der Waals surface area contributed by atoms with E-state index >= 15 is 0 Å². The van der Waals surface area contributed by atoms with E-state index in [2.05, 4.69) is 57.0 Å². The number of hydrogen-bond donors (Lipinski definition) is 0. The van der Waals surface area contributed by atoms with Crippen molar-refractivity contribution >= 4 is 22.5 Å². The predicted molar refractivity (Wildman–Crippen MR) is 130 cm³/mol. The molecule has 160 valence electrons. The lowest BCUT2D eigenvalue weighted by Gasteiger charge is -2.29. The number of nitriles is 1. The van der Waals surface area contributed by atoms with E-state index in [1.807, 2.05) is 36.7 Å². The van der Waals surface area contributed by atoms with Crippen LogP contribution in [0.4, 0.5) is 0 Å². The molecule has 2 aromatic carbocycles.